The van der Waals surface area contributed by atoms with Gasteiger partial charge in [-0.25, -0.2) is 0 Å². The highest BCUT2D eigenvalue weighted by molar-refractivity contribution is 6.18. The molecule has 32 heavy (non-hydrogen) atoms. The Morgan fingerprint density at radius 2 is 1.53 bits per heavy atom. The summed E-state index contributed by atoms with van der Waals surface area (Å²) >= 11 is 0. The molecular weight excluding hydrogens is 398 g/mol. The van der Waals surface area contributed by atoms with Gasteiger partial charge in [-0.15, -0.1) is 0 Å². The molecule has 3 rings (SSSR count). The van der Waals surface area contributed by atoms with Gasteiger partial charge in [-0.3, -0.25) is 9.59 Å². The van der Waals surface area contributed by atoms with Gasteiger partial charge in [-0.05, 0) is 45.7 Å². The van der Waals surface area contributed by atoms with Gasteiger partial charge in [0.2, 0.25) is 5.91 Å². The Balaban J connectivity index is 2.53. The van der Waals surface area contributed by atoms with Gasteiger partial charge in [0.1, 0.15) is 11.2 Å². The molecule has 170 valence electrons. The van der Waals surface area contributed by atoms with E-state index < -0.39 is 5.41 Å². The number of carbonyl (C=O) groups is 2. The molecule has 2 aromatic carbocycles. The van der Waals surface area contributed by atoms with Crippen molar-refractivity contribution in [2.45, 2.75) is 71.1 Å². The number of anilines is 1. The van der Waals surface area contributed by atoms with Crippen molar-refractivity contribution in [2.24, 2.45) is 0 Å². The summed E-state index contributed by atoms with van der Waals surface area (Å²) < 4.78 is 0. The highest BCUT2D eigenvalue weighted by atomic mass is 16.3. The van der Waals surface area contributed by atoms with Crippen molar-refractivity contribution in [2.75, 3.05) is 11.9 Å². The van der Waals surface area contributed by atoms with Crippen molar-refractivity contribution >= 4 is 17.4 Å². The standard InChI is InChI=1S/C28H35NO3/c1-10-23(30)17(2)28(19-13-11-12-14-22(19)29(9)25(28)32)18-15-20(26(3,4)5)24(31)21(16-18)27(6,7)8/h11-16,31H,2,10H2,1,3-9H3/t28-/m1/s1. The van der Waals surface area contributed by atoms with E-state index in [1.165, 1.54) is 0 Å². The monoisotopic (exact) mass is 433 g/mol. The van der Waals surface area contributed by atoms with Gasteiger partial charge in [0.15, 0.2) is 5.78 Å². The first-order valence-corrected chi connectivity index (χ1v) is 11.2. The summed E-state index contributed by atoms with van der Waals surface area (Å²) in [5.74, 6) is -0.106. The van der Waals surface area contributed by atoms with Crippen LogP contribution in [0.1, 0.15) is 77.1 Å². The Labute approximate surface area is 192 Å². The molecule has 0 saturated heterocycles. The number of hydrogen-bond acceptors (Lipinski definition) is 3. The Kier molecular flexibility index (Phi) is 5.66. The number of phenolic OH excluding ortho intramolecular Hbond substituents is 1. The van der Waals surface area contributed by atoms with Crippen molar-refractivity contribution in [3.8, 4) is 5.75 Å². The van der Waals surface area contributed by atoms with E-state index in [-0.39, 0.29) is 40.3 Å². The maximum absolute atomic E-state index is 14.0. The second kappa shape index (κ2) is 7.61. The molecule has 0 saturated carbocycles. The fraction of sp³-hybridized carbons (Fsp3) is 0.429. The van der Waals surface area contributed by atoms with Crippen molar-refractivity contribution in [3.63, 3.8) is 0 Å². The molecular formula is C28H35NO3. The minimum Gasteiger partial charge on any atom is -0.507 e. The number of hydrogen-bond donors (Lipinski definition) is 1. The molecule has 0 fully saturated rings. The number of amides is 1. The summed E-state index contributed by atoms with van der Waals surface area (Å²) in [4.78, 5) is 28.7. The van der Waals surface area contributed by atoms with E-state index in [9.17, 15) is 14.7 Å². The molecule has 0 aromatic heterocycles. The van der Waals surface area contributed by atoms with Gasteiger partial charge in [-0.1, -0.05) is 73.2 Å². The Hall–Kier alpha value is -2.88. The molecule has 1 atom stereocenters. The average Bonchev–Trinajstić information content (AvgIpc) is 2.93. The van der Waals surface area contributed by atoms with Crippen molar-refractivity contribution in [1.82, 2.24) is 0 Å². The fourth-order valence-electron chi connectivity index (χ4n) is 4.72. The van der Waals surface area contributed by atoms with Crippen LogP contribution in [0.15, 0.2) is 48.6 Å². The van der Waals surface area contributed by atoms with Gasteiger partial charge in [-0.2, -0.15) is 0 Å². The number of benzene rings is 2. The fourth-order valence-corrected chi connectivity index (χ4v) is 4.72. The van der Waals surface area contributed by atoms with Gasteiger partial charge < -0.3 is 10.0 Å². The molecule has 0 aliphatic carbocycles. The van der Waals surface area contributed by atoms with Crippen LogP contribution in [0, 0.1) is 0 Å². The van der Waals surface area contributed by atoms with E-state index in [2.05, 4.69) is 6.58 Å². The van der Waals surface area contributed by atoms with Gasteiger partial charge >= 0.3 is 0 Å². The highest BCUT2D eigenvalue weighted by Crippen LogP contribution is 2.52. The highest BCUT2D eigenvalue weighted by Gasteiger charge is 2.55. The molecule has 1 N–H and O–H groups in total. The lowest BCUT2D eigenvalue weighted by molar-refractivity contribution is -0.123. The maximum atomic E-state index is 14.0. The minimum absolute atomic E-state index is 0.147. The molecule has 1 amide bonds. The smallest absolute Gasteiger partial charge is 0.246 e. The Bertz CT molecular complexity index is 1080. The Morgan fingerprint density at radius 3 is 2.00 bits per heavy atom. The number of Topliss-reactive ketones (excluding diaryl/α,β-unsaturated/α-hetero) is 1. The number of aromatic hydroxyl groups is 1. The third kappa shape index (κ3) is 3.37. The summed E-state index contributed by atoms with van der Waals surface area (Å²) in [7, 11) is 1.74. The van der Waals surface area contributed by atoms with Crippen molar-refractivity contribution < 1.29 is 14.7 Å². The van der Waals surface area contributed by atoms with Crippen LogP contribution in [0.5, 0.6) is 5.75 Å². The number of fused-ring (bicyclic) bond motifs is 1. The third-order valence-electron chi connectivity index (χ3n) is 6.56. The Morgan fingerprint density at radius 1 is 1.03 bits per heavy atom. The van der Waals surface area contributed by atoms with Crippen LogP contribution in [0.3, 0.4) is 0 Å². The number of carbonyl (C=O) groups excluding carboxylic acids is 2. The largest absolute Gasteiger partial charge is 0.507 e. The topological polar surface area (TPSA) is 57.6 Å². The van der Waals surface area contributed by atoms with Crippen LogP contribution >= 0.6 is 0 Å². The van der Waals surface area contributed by atoms with Gasteiger partial charge in [0, 0.05) is 30.3 Å². The first-order chi connectivity index (χ1) is 14.7. The zero-order valence-corrected chi connectivity index (χ0v) is 20.6. The van der Waals surface area contributed by atoms with Crippen molar-refractivity contribution in [1.29, 1.82) is 0 Å². The maximum Gasteiger partial charge on any atom is 0.246 e. The first-order valence-electron chi connectivity index (χ1n) is 11.2. The number of phenols is 1. The summed E-state index contributed by atoms with van der Waals surface area (Å²) in [5, 5.41) is 11.2. The summed E-state index contributed by atoms with van der Waals surface area (Å²) in [6, 6.07) is 11.4. The SMILES string of the molecule is C=C(C(=O)CC)[C@]1(c2cc(C(C)(C)C)c(O)c(C(C)(C)C)c2)C(=O)N(C)c2ccccc21. The van der Waals surface area contributed by atoms with E-state index in [1.54, 1.807) is 18.9 Å². The third-order valence-corrected chi connectivity index (χ3v) is 6.56. The van der Waals surface area contributed by atoms with Crippen LogP contribution in [-0.4, -0.2) is 23.8 Å². The van der Waals surface area contributed by atoms with E-state index >= 15 is 0 Å². The summed E-state index contributed by atoms with van der Waals surface area (Å²) in [6.07, 6.45) is 0.260. The molecule has 0 spiro atoms. The summed E-state index contributed by atoms with van der Waals surface area (Å²) in [6.45, 7) is 18.2. The second-order valence-corrected chi connectivity index (χ2v) is 10.8. The zero-order valence-electron chi connectivity index (χ0n) is 20.6. The molecule has 2 aromatic rings. The van der Waals surface area contributed by atoms with E-state index in [1.807, 2.05) is 77.9 Å². The van der Waals surface area contributed by atoms with Crippen LogP contribution in [0.4, 0.5) is 5.69 Å². The molecule has 0 bridgehead atoms. The summed E-state index contributed by atoms with van der Waals surface area (Å²) in [5.41, 5.74) is 1.90. The van der Waals surface area contributed by atoms with Gasteiger partial charge in [0.25, 0.3) is 0 Å². The van der Waals surface area contributed by atoms with Crippen LogP contribution in [0.2, 0.25) is 0 Å². The zero-order chi connectivity index (χ0) is 24.2. The lowest BCUT2D eigenvalue weighted by Gasteiger charge is -2.35. The van der Waals surface area contributed by atoms with Gasteiger partial charge in [0.05, 0.1) is 0 Å². The predicted molar refractivity (Wildman–Crippen MR) is 131 cm³/mol. The molecule has 4 heteroatoms. The number of para-hydroxylation sites is 1. The number of likely N-dealkylation sites (N-methyl/N-ethyl adjacent to an activating group) is 1. The van der Waals surface area contributed by atoms with E-state index in [0.29, 0.717) is 5.56 Å². The average molecular weight is 434 g/mol. The molecule has 0 radical (unpaired) electrons. The molecule has 1 aliphatic rings. The number of rotatable bonds is 4. The van der Waals surface area contributed by atoms with Crippen LogP contribution < -0.4 is 4.90 Å². The lowest BCUT2D eigenvalue weighted by atomic mass is 9.66. The van der Waals surface area contributed by atoms with E-state index in [4.69, 9.17) is 0 Å². The lowest BCUT2D eigenvalue weighted by Crippen LogP contribution is -2.43. The predicted octanol–water partition coefficient (Wildman–Crippen LogP) is 5.79. The van der Waals surface area contributed by atoms with Crippen LogP contribution in [-0.2, 0) is 25.8 Å². The molecule has 4 nitrogen and oxygen atoms in total. The quantitative estimate of drug-likeness (QED) is 0.621. The molecule has 0 unspecified atom stereocenters. The van der Waals surface area contributed by atoms with E-state index in [0.717, 1.165) is 22.4 Å². The molecule has 1 heterocycles. The molecule has 1 aliphatic heterocycles. The second-order valence-electron chi connectivity index (χ2n) is 10.8. The number of nitrogens with zero attached hydrogens (tertiary/aromatic N) is 1. The first kappa shape index (κ1) is 23.8. The van der Waals surface area contributed by atoms with Crippen molar-refractivity contribution in [3.05, 3.63) is 70.8 Å². The number of ketones is 1. The van der Waals surface area contributed by atoms with Crippen LogP contribution in [0.25, 0.3) is 0 Å². The normalized spacial score (nSPS) is 18.6. The minimum atomic E-state index is -1.33.